The molecule has 3 rings (SSSR count). The van der Waals surface area contributed by atoms with Crippen molar-refractivity contribution in [1.29, 1.82) is 0 Å². The lowest BCUT2D eigenvalue weighted by Crippen LogP contribution is -2.48. The Kier molecular flexibility index (Phi) is 2.26. The summed E-state index contributed by atoms with van der Waals surface area (Å²) < 4.78 is 5.97. The van der Waals surface area contributed by atoms with Crippen LogP contribution in [0, 0.1) is 0 Å². The van der Waals surface area contributed by atoms with Gasteiger partial charge in [-0.05, 0) is 24.0 Å². The van der Waals surface area contributed by atoms with Crippen molar-refractivity contribution in [2.24, 2.45) is 0 Å². The monoisotopic (exact) mass is 203 g/mol. The molecule has 1 saturated heterocycles. The van der Waals surface area contributed by atoms with Gasteiger partial charge in [-0.15, -0.1) is 0 Å². The van der Waals surface area contributed by atoms with Crippen LogP contribution in [0.15, 0.2) is 24.3 Å². The Morgan fingerprint density at radius 2 is 2.27 bits per heavy atom. The number of rotatable bonds is 1. The molecule has 2 nitrogen and oxygen atoms in total. The zero-order valence-corrected chi connectivity index (χ0v) is 9.07. The fourth-order valence-corrected chi connectivity index (χ4v) is 2.72. The lowest BCUT2D eigenvalue weighted by atomic mass is 10.1. The third-order valence-electron chi connectivity index (χ3n) is 3.59. The minimum absolute atomic E-state index is 0.295. The van der Waals surface area contributed by atoms with Gasteiger partial charge in [-0.25, -0.2) is 0 Å². The Morgan fingerprint density at radius 1 is 1.40 bits per heavy atom. The average Bonchev–Trinajstić information content (AvgIpc) is 2.66. The maximum Gasteiger partial charge on any atom is 0.0984 e. The highest BCUT2D eigenvalue weighted by Crippen LogP contribution is 2.36. The van der Waals surface area contributed by atoms with Crippen LogP contribution < -0.4 is 5.32 Å². The highest BCUT2D eigenvalue weighted by Gasteiger charge is 2.37. The number of morpholine rings is 1. The molecule has 15 heavy (non-hydrogen) atoms. The fourth-order valence-electron chi connectivity index (χ4n) is 2.72. The number of hydrogen-bond acceptors (Lipinski definition) is 2. The molecule has 0 bridgehead atoms. The zero-order valence-electron chi connectivity index (χ0n) is 9.07. The first-order chi connectivity index (χ1) is 7.38. The molecular weight excluding hydrogens is 186 g/mol. The third-order valence-corrected chi connectivity index (χ3v) is 3.59. The molecule has 0 amide bonds. The molecule has 0 saturated carbocycles. The summed E-state index contributed by atoms with van der Waals surface area (Å²) in [6.45, 7) is 3.06. The topological polar surface area (TPSA) is 21.3 Å². The van der Waals surface area contributed by atoms with E-state index in [9.17, 15) is 0 Å². The number of benzene rings is 1. The highest BCUT2D eigenvalue weighted by molar-refractivity contribution is 5.36. The van der Waals surface area contributed by atoms with Gasteiger partial charge in [0.1, 0.15) is 0 Å². The van der Waals surface area contributed by atoms with Crippen LogP contribution in [0.1, 0.15) is 30.6 Å². The van der Waals surface area contributed by atoms with E-state index in [0.29, 0.717) is 18.2 Å². The SMILES string of the molecule is CCC1COC2c3ccccc3CC2N1. The van der Waals surface area contributed by atoms with Crippen LogP contribution in [0.4, 0.5) is 0 Å². The van der Waals surface area contributed by atoms with Gasteiger partial charge in [-0.1, -0.05) is 31.2 Å². The van der Waals surface area contributed by atoms with Crippen molar-refractivity contribution in [3.05, 3.63) is 35.4 Å². The van der Waals surface area contributed by atoms with E-state index >= 15 is 0 Å². The summed E-state index contributed by atoms with van der Waals surface area (Å²) in [5, 5.41) is 3.69. The first-order valence-electron chi connectivity index (χ1n) is 5.84. The standard InChI is InChI=1S/C13H17NO/c1-2-10-8-15-13-11-6-4-3-5-9(11)7-12(13)14-10/h3-6,10,12-14H,2,7-8H2,1H3. The van der Waals surface area contributed by atoms with Crippen molar-refractivity contribution in [2.75, 3.05) is 6.61 Å². The van der Waals surface area contributed by atoms with E-state index in [4.69, 9.17) is 4.74 Å². The molecule has 1 aliphatic heterocycles. The van der Waals surface area contributed by atoms with Crippen molar-refractivity contribution in [1.82, 2.24) is 5.32 Å². The Morgan fingerprint density at radius 3 is 3.13 bits per heavy atom. The molecule has 1 heterocycles. The van der Waals surface area contributed by atoms with Gasteiger partial charge in [-0.2, -0.15) is 0 Å². The van der Waals surface area contributed by atoms with Crippen LogP contribution in [0.3, 0.4) is 0 Å². The quantitative estimate of drug-likeness (QED) is 0.754. The first-order valence-corrected chi connectivity index (χ1v) is 5.84. The Hall–Kier alpha value is -0.860. The second-order valence-corrected chi connectivity index (χ2v) is 4.54. The number of ether oxygens (including phenoxy) is 1. The Bertz CT molecular complexity index is 363. The van der Waals surface area contributed by atoms with Gasteiger partial charge in [0, 0.05) is 12.1 Å². The molecule has 2 heteroatoms. The lowest BCUT2D eigenvalue weighted by molar-refractivity contribution is -0.0218. The summed E-state index contributed by atoms with van der Waals surface area (Å²) in [5.74, 6) is 0. The van der Waals surface area contributed by atoms with E-state index in [1.54, 1.807) is 0 Å². The molecule has 1 fully saturated rings. The molecular formula is C13H17NO. The second-order valence-electron chi connectivity index (χ2n) is 4.54. The van der Waals surface area contributed by atoms with Crippen LogP contribution >= 0.6 is 0 Å². The van der Waals surface area contributed by atoms with E-state index in [-0.39, 0.29) is 0 Å². The summed E-state index contributed by atoms with van der Waals surface area (Å²) in [6, 6.07) is 9.69. The van der Waals surface area contributed by atoms with E-state index in [0.717, 1.165) is 19.4 Å². The summed E-state index contributed by atoms with van der Waals surface area (Å²) in [7, 11) is 0. The second kappa shape index (κ2) is 3.62. The Balaban J connectivity index is 1.86. The lowest BCUT2D eigenvalue weighted by Gasteiger charge is -2.33. The summed E-state index contributed by atoms with van der Waals surface area (Å²) in [5.41, 5.74) is 2.85. The third kappa shape index (κ3) is 1.48. The Labute approximate surface area is 90.6 Å². The molecule has 3 atom stereocenters. The van der Waals surface area contributed by atoms with E-state index < -0.39 is 0 Å². The van der Waals surface area contributed by atoms with Crippen molar-refractivity contribution in [2.45, 2.75) is 38.0 Å². The molecule has 80 valence electrons. The molecule has 1 N–H and O–H groups in total. The summed E-state index contributed by atoms with van der Waals surface area (Å²) >= 11 is 0. The summed E-state index contributed by atoms with van der Waals surface area (Å²) in [6.07, 6.45) is 2.57. The van der Waals surface area contributed by atoms with E-state index in [1.165, 1.54) is 11.1 Å². The molecule has 3 unspecified atom stereocenters. The van der Waals surface area contributed by atoms with Gasteiger partial charge in [0.15, 0.2) is 0 Å². The molecule has 2 aliphatic rings. The van der Waals surface area contributed by atoms with Crippen LogP contribution in [-0.4, -0.2) is 18.7 Å². The van der Waals surface area contributed by atoms with Crippen LogP contribution in [0.5, 0.6) is 0 Å². The van der Waals surface area contributed by atoms with E-state index in [2.05, 4.69) is 36.5 Å². The average molecular weight is 203 g/mol. The maximum absolute atomic E-state index is 5.97. The van der Waals surface area contributed by atoms with Crippen LogP contribution in [0.25, 0.3) is 0 Å². The van der Waals surface area contributed by atoms with Crippen molar-refractivity contribution < 1.29 is 4.74 Å². The largest absolute Gasteiger partial charge is 0.370 e. The molecule has 0 aromatic heterocycles. The number of hydrogen-bond donors (Lipinski definition) is 1. The number of nitrogens with one attached hydrogen (secondary N) is 1. The van der Waals surface area contributed by atoms with E-state index in [1.807, 2.05) is 0 Å². The van der Waals surface area contributed by atoms with Gasteiger partial charge in [-0.3, -0.25) is 0 Å². The van der Waals surface area contributed by atoms with Crippen molar-refractivity contribution >= 4 is 0 Å². The predicted octanol–water partition coefficient (Wildman–Crippen LogP) is 2.05. The first kappa shape index (κ1) is 9.37. The van der Waals surface area contributed by atoms with Gasteiger partial charge in [0.05, 0.1) is 12.7 Å². The minimum atomic E-state index is 0.295. The minimum Gasteiger partial charge on any atom is -0.370 e. The van der Waals surface area contributed by atoms with Crippen molar-refractivity contribution in [3.8, 4) is 0 Å². The van der Waals surface area contributed by atoms with Gasteiger partial charge >= 0.3 is 0 Å². The molecule has 1 aromatic rings. The molecule has 1 aromatic carbocycles. The normalized spacial score (nSPS) is 33.5. The predicted molar refractivity (Wildman–Crippen MR) is 59.8 cm³/mol. The smallest absolute Gasteiger partial charge is 0.0984 e. The number of fused-ring (bicyclic) bond motifs is 3. The highest BCUT2D eigenvalue weighted by atomic mass is 16.5. The molecule has 1 aliphatic carbocycles. The van der Waals surface area contributed by atoms with Gasteiger partial charge < -0.3 is 10.1 Å². The fraction of sp³-hybridized carbons (Fsp3) is 0.538. The van der Waals surface area contributed by atoms with Crippen LogP contribution in [0.2, 0.25) is 0 Å². The van der Waals surface area contributed by atoms with Gasteiger partial charge in [0.25, 0.3) is 0 Å². The van der Waals surface area contributed by atoms with Gasteiger partial charge in [0.2, 0.25) is 0 Å². The molecule has 0 radical (unpaired) electrons. The van der Waals surface area contributed by atoms with Crippen molar-refractivity contribution in [3.63, 3.8) is 0 Å². The van der Waals surface area contributed by atoms with Crippen LogP contribution in [-0.2, 0) is 11.2 Å². The summed E-state index contributed by atoms with van der Waals surface area (Å²) in [4.78, 5) is 0. The molecule has 0 spiro atoms. The zero-order chi connectivity index (χ0) is 10.3. The maximum atomic E-state index is 5.97.